The molecular weight excluding hydrogens is 303 g/mol. The normalized spacial score (nSPS) is 11.3. The number of rotatable bonds is 5. The standard InChI is InChI=1S/C12H16N4O2.2ClH/c1-18-8-10(13)12(17)15-7-9-2-4-16-5-3-14-11(16)6-9;;/h2-6,10H,7-8,13H2,1H3,(H,15,17);2*1H. The summed E-state index contributed by atoms with van der Waals surface area (Å²) in [4.78, 5) is 15.8. The zero-order valence-electron chi connectivity index (χ0n) is 11.0. The number of ether oxygens (including phenoxy) is 1. The van der Waals surface area contributed by atoms with Crippen LogP contribution in [0.3, 0.4) is 0 Å². The largest absolute Gasteiger partial charge is 0.383 e. The van der Waals surface area contributed by atoms with Crippen LogP contribution in [-0.2, 0) is 16.1 Å². The van der Waals surface area contributed by atoms with Gasteiger partial charge in [-0.3, -0.25) is 4.79 Å². The van der Waals surface area contributed by atoms with Gasteiger partial charge >= 0.3 is 0 Å². The van der Waals surface area contributed by atoms with Crippen molar-refractivity contribution in [2.75, 3.05) is 13.7 Å². The Kier molecular flexibility index (Phi) is 8.17. The van der Waals surface area contributed by atoms with E-state index in [1.54, 1.807) is 6.20 Å². The van der Waals surface area contributed by atoms with Gasteiger partial charge in [0, 0.05) is 32.2 Å². The summed E-state index contributed by atoms with van der Waals surface area (Å²) in [5.74, 6) is -0.222. The number of fused-ring (bicyclic) bond motifs is 1. The van der Waals surface area contributed by atoms with Crippen molar-refractivity contribution in [3.8, 4) is 0 Å². The van der Waals surface area contributed by atoms with Gasteiger partial charge in [0.1, 0.15) is 11.7 Å². The van der Waals surface area contributed by atoms with Gasteiger partial charge in [0.25, 0.3) is 0 Å². The van der Waals surface area contributed by atoms with Gasteiger partial charge in [-0.1, -0.05) is 0 Å². The maximum absolute atomic E-state index is 11.6. The Morgan fingerprint density at radius 3 is 2.95 bits per heavy atom. The van der Waals surface area contributed by atoms with Crippen molar-refractivity contribution in [1.29, 1.82) is 0 Å². The molecule has 1 amide bonds. The molecule has 0 aliphatic heterocycles. The maximum atomic E-state index is 11.6. The zero-order chi connectivity index (χ0) is 13.0. The molecule has 20 heavy (non-hydrogen) atoms. The topological polar surface area (TPSA) is 81.6 Å². The lowest BCUT2D eigenvalue weighted by molar-refractivity contribution is -0.123. The highest BCUT2D eigenvalue weighted by Crippen LogP contribution is 2.05. The van der Waals surface area contributed by atoms with Crippen molar-refractivity contribution in [2.45, 2.75) is 12.6 Å². The van der Waals surface area contributed by atoms with E-state index >= 15 is 0 Å². The summed E-state index contributed by atoms with van der Waals surface area (Å²) in [5.41, 5.74) is 7.44. The van der Waals surface area contributed by atoms with Crippen LogP contribution in [0.2, 0.25) is 0 Å². The van der Waals surface area contributed by atoms with Crippen LogP contribution >= 0.6 is 24.8 Å². The fourth-order valence-corrected chi connectivity index (χ4v) is 1.64. The van der Waals surface area contributed by atoms with Crippen LogP contribution in [0.5, 0.6) is 0 Å². The number of methoxy groups -OCH3 is 1. The Morgan fingerprint density at radius 2 is 2.25 bits per heavy atom. The number of imidazole rings is 1. The highest BCUT2D eigenvalue weighted by atomic mass is 35.5. The smallest absolute Gasteiger partial charge is 0.239 e. The number of nitrogens with zero attached hydrogens (tertiary/aromatic N) is 2. The molecule has 112 valence electrons. The minimum Gasteiger partial charge on any atom is -0.383 e. The molecule has 1 unspecified atom stereocenters. The van der Waals surface area contributed by atoms with E-state index in [2.05, 4.69) is 10.3 Å². The van der Waals surface area contributed by atoms with Crippen molar-refractivity contribution in [2.24, 2.45) is 5.73 Å². The van der Waals surface area contributed by atoms with Crippen molar-refractivity contribution < 1.29 is 9.53 Å². The number of carbonyl (C=O) groups is 1. The molecule has 0 saturated carbocycles. The Hall–Kier alpha value is -1.34. The van der Waals surface area contributed by atoms with Gasteiger partial charge in [0.2, 0.25) is 5.91 Å². The molecule has 1 atom stereocenters. The number of hydrogen-bond acceptors (Lipinski definition) is 4. The molecule has 0 bridgehead atoms. The third-order valence-electron chi connectivity index (χ3n) is 2.61. The second-order valence-electron chi connectivity index (χ2n) is 4.01. The maximum Gasteiger partial charge on any atom is 0.239 e. The minimum absolute atomic E-state index is 0. The SMILES string of the molecule is COCC(N)C(=O)NCc1ccn2ccnc2c1.Cl.Cl. The molecule has 0 spiro atoms. The van der Waals surface area contributed by atoms with Gasteiger partial charge in [-0.2, -0.15) is 0 Å². The Labute approximate surface area is 129 Å². The zero-order valence-corrected chi connectivity index (χ0v) is 12.6. The molecule has 0 fully saturated rings. The van der Waals surface area contributed by atoms with Gasteiger partial charge < -0.3 is 20.2 Å². The first-order valence-electron chi connectivity index (χ1n) is 5.64. The van der Waals surface area contributed by atoms with Crippen LogP contribution in [0.25, 0.3) is 5.65 Å². The fourth-order valence-electron chi connectivity index (χ4n) is 1.64. The number of hydrogen-bond donors (Lipinski definition) is 2. The van der Waals surface area contributed by atoms with Gasteiger partial charge in [0.15, 0.2) is 0 Å². The number of halogens is 2. The molecule has 6 nitrogen and oxygen atoms in total. The number of nitrogens with two attached hydrogens (primary N) is 1. The van der Waals surface area contributed by atoms with E-state index in [4.69, 9.17) is 10.5 Å². The number of amides is 1. The molecule has 3 N–H and O–H groups in total. The summed E-state index contributed by atoms with van der Waals surface area (Å²) >= 11 is 0. The first kappa shape index (κ1) is 18.7. The van der Waals surface area contributed by atoms with E-state index in [1.165, 1.54) is 7.11 Å². The van der Waals surface area contributed by atoms with Crippen LogP contribution in [0.15, 0.2) is 30.7 Å². The summed E-state index contributed by atoms with van der Waals surface area (Å²) in [6, 6.07) is 3.21. The molecule has 0 saturated heterocycles. The summed E-state index contributed by atoms with van der Waals surface area (Å²) in [6.45, 7) is 0.644. The van der Waals surface area contributed by atoms with E-state index in [-0.39, 0.29) is 37.3 Å². The van der Waals surface area contributed by atoms with Crippen LogP contribution in [0, 0.1) is 0 Å². The lowest BCUT2D eigenvalue weighted by Crippen LogP contribution is -2.43. The lowest BCUT2D eigenvalue weighted by atomic mass is 10.2. The molecule has 2 aromatic heterocycles. The predicted octanol–water partition coefficient (Wildman–Crippen LogP) is 0.768. The van der Waals surface area contributed by atoms with E-state index in [0.29, 0.717) is 6.54 Å². The van der Waals surface area contributed by atoms with E-state index in [1.807, 2.05) is 28.9 Å². The van der Waals surface area contributed by atoms with E-state index < -0.39 is 6.04 Å². The summed E-state index contributed by atoms with van der Waals surface area (Å²) in [7, 11) is 1.51. The molecule has 0 aliphatic rings. The quantitative estimate of drug-likeness (QED) is 0.852. The molecular formula is C12H18Cl2N4O2. The Morgan fingerprint density at radius 1 is 1.50 bits per heavy atom. The average Bonchev–Trinajstić information content (AvgIpc) is 2.83. The number of pyridine rings is 1. The Balaban J connectivity index is 0.00000180. The molecule has 0 aliphatic carbocycles. The van der Waals surface area contributed by atoms with Crippen LogP contribution in [-0.4, -0.2) is 35.1 Å². The van der Waals surface area contributed by atoms with Crippen molar-refractivity contribution in [3.63, 3.8) is 0 Å². The fraction of sp³-hybridized carbons (Fsp3) is 0.333. The van der Waals surface area contributed by atoms with Crippen molar-refractivity contribution >= 4 is 36.4 Å². The number of carbonyl (C=O) groups excluding carboxylic acids is 1. The molecule has 8 heteroatoms. The summed E-state index contributed by atoms with van der Waals surface area (Å²) in [5, 5.41) is 2.76. The van der Waals surface area contributed by atoms with E-state index in [9.17, 15) is 4.79 Å². The van der Waals surface area contributed by atoms with Gasteiger partial charge in [-0.15, -0.1) is 24.8 Å². The lowest BCUT2D eigenvalue weighted by Gasteiger charge is -2.11. The van der Waals surface area contributed by atoms with Gasteiger partial charge in [-0.25, -0.2) is 4.98 Å². The van der Waals surface area contributed by atoms with Gasteiger partial charge in [0.05, 0.1) is 6.61 Å². The van der Waals surface area contributed by atoms with Crippen LogP contribution < -0.4 is 11.1 Å². The first-order valence-corrected chi connectivity index (χ1v) is 5.64. The van der Waals surface area contributed by atoms with Crippen molar-refractivity contribution in [3.05, 3.63) is 36.3 Å². The number of aromatic nitrogens is 2. The van der Waals surface area contributed by atoms with Crippen LogP contribution in [0.4, 0.5) is 0 Å². The molecule has 2 heterocycles. The van der Waals surface area contributed by atoms with Crippen molar-refractivity contribution in [1.82, 2.24) is 14.7 Å². The van der Waals surface area contributed by atoms with Crippen LogP contribution in [0.1, 0.15) is 5.56 Å². The first-order chi connectivity index (χ1) is 8.70. The molecule has 2 rings (SSSR count). The third kappa shape index (κ3) is 4.64. The summed E-state index contributed by atoms with van der Waals surface area (Å²) in [6.07, 6.45) is 5.50. The highest BCUT2D eigenvalue weighted by Gasteiger charge is 2.12. The number of nitrogens with one attached hydrogen (secondary N) is 1. The molecule has 2 aromatic rings. The van der Waals surface area contributed by atoms with E-state index in [0.717, 1.165) is 11.2 Å². The average molecular weight is 321 g/mol. The second kappa shape index (κ2) is 8.76. The highest BCUT2D eigenvalue weighted by molar-refractivity contribution is 5.85. The Bertz CT molecular complexity index is 547. The summed E-state index contributed by atoms with van der Waals surface area (Å²) < 4.78 is 6.73. The molecule has 0 radical (unpaired) electrons. The third-order valence-corrected chi connectivity index (χ3v) is 2.61. The van der Waals surface area contributed by atoms with Gasteiger partial charge in [-0.05, 0) is 17.7 Å². The molecule has 0 aromatic carbocycles. The monoisotopic (exact) mass is 320 g/mol. The second-order valence-corrected chi connectivity index (χ2v) is 4.01. The minimum atomic E-state index is -0.634. The predicted molar refractivity (Wildman–Crippen MR) is 81.4 cm³/mol.